The van der Waals surface area contributed by atoms with Crippen molar-refractivity contribution in [3.8, 4) is 17.2 Å². The fraction of sp³-hybridized carbons (Fsp3) is 0.152. The van der Waals surface area contributed by atoms with Crippen molar-refractivity contribution in [2.45, 2.75) is 33.4 Å². The summed E-state index contributed by atoms with van der Waals surface area (Å²) in [5.74, 6) is -0.0830. The van der Waals surface area contributed by atoms with Crippen molar-refractivity contribution in [1.82, 2.24) is 9.88 Å². The number of carbonyl (C=O) groups excluding carboxylic acids is 1. The van der Waals surface area contributed by atoms with Crippen LogP contribution in [-0.4, -0.2) is 10.5 Å². The second-order valence-corrected chi connectivity index (χ2v) is 10.5. The molecule has 1 N–H and O–H groups in total. The van der Waals surface area contributed by atoms with Gasteiger partial charge in [-0.1, -0.05) is 70.5 Å². The van der Waals surface area contributed by atoms with E-state index in [2.05, 4.69) is 70.0 Å². The van der Waals surface area contributed by atoms with Gasteiger partial charge in [-0.15, -0.1) is 0 Å². The topological polar surface area (TPSA) is 57.8 Å². The quantitative estimate of drug-likeness (QED) is 0.227. The van der Waals surface area contributed by atoms with Crippen LogP contribution in [0, 0.1) is 25.2 Å². The summed E-state index contributed by atoms with van der Waals surface area (Å²) < 4.78 is 3.32. The van der Waals surface area contributed by atoms with E-state index < -0.39 is 0 Å². The Kier molecular flexibility index (Phi) is 7.18. The Hall–Kier alpha value is -4.14. The Morgan fingerprint density at radius 1 is 0.974 bits per heavy atom. The van der Waals surface area contributed by atoms with E-state index in [9.17, 15) is 10.1 Å². The van der Waals surface area contributed by atoms with Gasteiger partial charge >= 0.3 is 0 Å². The van der Waals surface area contributed by atoms with Crippen molar-refractivity contribution in [3.05, 3.63) is 129 Å². The van der Waals surface area contributed by atoms with Gasteiger partial charge in [0.25, 0.3) is 5.91 Å². The fourth-order valence-electron chi connectivity index (χ4n) is 4.91. The van der Waals surface area contributed by atoms with E-state index >= 15 is 0 Å². The van der Waals surface area contributed by atoms with Crippen LogP contribution in [0.4, 0.5) is 0 Å². The predicted octanol–water partition coefficient (Wildman–Crippen LogP) is 8.10. The summed E-state index contributed by atoms with van der Waals surface area (Å²) in [4.78, 5) is 13.1. The van der Waals surface area contributed by atoms with Crippen molar-refractivity contribution in [1.29, 1.82) is 5.26 Å². The molecule has 1 atom stereocenters. The van der Waals surface area contributed by atoms with Gasteiger partial charge < -0.3 is 9.88 Å². The molecule has 0 aliphatic rings. The number of hydrogen-bond donors (Lipinski definition) is 1. The summed E-state index contributed by atoms with van der Waals surface area (Å²) in [6, 6.07) is 32.2. The molecule has 38 heavy (non-hydrogen) atoms. The van der Waals surface area contributed by atoms with Crippen molar-refractivity contribution in [3.63, 3.8) is 0 Å². The normalized spacial score (nSPS) is 11.8. The molecule has 4 aromatic carbocycles. The Labute approximate surface area is 231 Å². The predicted molar refractivity (Wildman–Crippen MR) is 157 cm³/mol. The van der Waals surface area contributed by atoms with E-state index in [-0.39, 0.29) is 11.9 Å². The van der Waals surface area contributed by atoms with Crippen LogP contribution in [0.2, 0.25) is 0 Å². The summed E-state index contributed by atoms with van der Waals surface area (Å²) >= 11 is 3.46. The van der Waals surface area contributed by atoms with Gasteiger partial charge in [-0.25, -0.2) is 0 Å². The average Bonchev–Trinajstić information content (AvgIpc) is 3.18. The molecule has 0 spiro atoms. The van der Waals surface area contributed by atoms with Crippen LogP contribution in [0.1, 0.15) is 51.3 Å². The molecule has 0 aliphatic heterocycles. The molecule has 5 heteroatoms. The Morgan fingerprint density at radius 3 is 2.39 bits per heavy atom. The summed E-state index contributed by atoms with van der Waals surface area (Å²) in [7, 11) is 0. The number of amides is 1. The van der Waals surface area contributed by atoms with Crippen LogP contribution in [0.3, 0.4) is 0 Å². The van der Waals surface area contributed by atoms with E-state index in [0.29, 0.717) is 11.1 Å². The molecule has 0 saturated carbocycles. The molecule has 5 aromatic rings. The van der Waals surface area contributed by atoms with Crippen molar-refractivity contribution < 1.29 is 4.79 Å². The molecule has 1 heterocycles. The van der Waals surface area contributed by atoms with Crippen molar-refractivity contribution in [2.24, 2.45) is 0 Å². The molecule has 0 saturated heterocycles. The first-order valence-electron chi connectivity index (χ1n) is 12.6. The summed E-state index contributed by atoms with van der Waals surface area (Å²) in [5, 5.41) is 13.7. The minimum atomic E-state index is -0.0955. The summed E-state index contributed by atoms with van der Waals surface area (Å²) in [5.41, 5.74) is 9.00. The molecule has 4 nitrogen and oxygen atoms in total. The molecule has 0 bridgehead atoms. The number of halogens is 1. The molecule has 0 radical (unpaired) electrons. The zero-order valence-corrected chi connectivity index (χ0v) is 23.2. The van der Waals surface area contributed by atoms with Crippen LogP contribution in [-0.2, 0) is 6.54 Å². The first-order chi connectivity index (χ1) is 18.4. The molecule has 1 aromatic heterocycles. The van der Waals surface area contributed by atoms with Crippen molar-refractivity contribution >= 4 is 32.7 Å². The first kappa shape index (κ1) is 25.5. The van der Waals surface area contributed by atoms with E-state index in [1.165, 1.54) is 16.8 Å². The van der Waals surface area contributed by atoms with E-state index in [0.717, 1.165) is 38.6 Å². The van der Waals surface area contributed by atoms with E-state index in [4.69, 9.17) is 0 Å². The number of aryl methyl sites for hydroxylation is 1. The highest BCUT2D eigenvalue weighted by atomic mass is 79.9. The van der Waals surface area contributed by atoms with Gasteiger partial charge in [-0.2, -0.15) is 5.26 Å². The number of nitrogens with one attached hydrogen (secondary N) is 1. The lowest BCUT2D eigenvalue weighted by atomic mass is 9.99. The zero-order chi connectivity index (χ0) is 26.8. The van der Waals surface area contributed by atoms with Gasteiger partial charge in [0.05, 0.1) is 17.7 Å². The van der Waals surface area contributed by atoms with Crippen LogP contribution in [0.15, 0.2) is 95.5 Å². The third kappa shape index (κ3) is 5.01. The second-order valence-electron chi connectivity index (χ2n) is 9.63. The number of aromatic nitrogens is 1. The maximum absolute atomic E-state index is 13.1. The number of hydrogen-bond acceptors (Lipinski definition) is 2. The van der Waals surface area contributed by atoms with Gasteiger partial charge in [0.1, 0.15) is 0 Å². The Bertz CT molecular complexity index is 1680. The molecule has 188 valence electrons. The Morgan fingerprint density at radius 2 is 1.68 bits per heavy atom. The molecular formula is C33H28BrN3O. The van der Waals surface area contributed by atoms with Gasteiger partial charge in [0.2, 0.25) is 0 Å². The van der Waals surface area contributed by atoms with Crippen LogP contribution >= 0.6 is 15.9 Å². The monoisotopic (exact) mass is 561 g/mol. The number of fused-ring (bicyclic) bond motifs is 1. The number of rotatable bonds is 6. The number of carbonyl (C=O) groups is 1. The molecule has 0 aliphatic carbocycles. The molecule has 0 fully saturated rings. The van der Waals surface area contributed by atoms with Crippen LogP contribution in [0.5, 0.6) is 0 Å². The lowest BCUT2D eigenvalue weighted by Crippen LogP contribution is -2.26. The standard InChI is InChI=1S/C33H28BrN3O/c1-21-23(3)37(20-24-8-10-26(11-9-24)30-7-5-4-6-28(30)19-35)32-17-14-27(18-31(21)32)33(38)36-22(2)25-12-15-29(34)16-13-25/h4-18,22H,20H2,1-3H3,(H,36,38). The second kappa shape index (κ2) is 10.7. The maximum atomic E-state index is 13.1. The van der Waals surface area contributed by atoms with Crippen LogP contribution < -0.4 is 5.32 Å². The van der Waals surface area contributed by atoms with Crippen LogP contribution in [0.25, 0.3) is 22.0 Å². The number of nitrogens with zero attached hydrogens (tertiary/aromatic N) is 2. The SMILES string of the molecule is Cc1c(C)n(Cc2ccc(-c3ccccc3C#N)cc2)c2ccc(C(=O)NC(C)c3ccc(Br)cc3)cc12. The highest BCUT2D eigenvalue weighted by Crippen LogP contribution is 2.29. The Balaban J connectivity index is 1.38. The minimum Gasteiger partial charge on any atom is -0.346 e. The average molecular weight is 563 g/mol. The lowest BCUT2D eigenvalue weighted by Gasteiger charge is -2.15. The highest BCUT2D eigenvalue weighted by Gasteiger charge is 2.16. The summed E-state index contributed by atoms with van der Waals surface area (Å²) in [6.45, 7) is 6.96. The number of benzene rings is 4. The van der Waals surface area contributed by atoms with E-state index in [1.54, 1.807) is 0 Å². The van der Waals surface area contributed by atoms with Gasteiger partial charge in [0.15, 0.2) is 0 Å². The van der Waals surface area contributed by atoms with Crippen molar-refractivity contribution in [2.75, 3.05) is 0 Å². The third-order valence-electron chi connectivity index (χ3n) is 7.27. The van der Waals surface area contributed by atoms with Gasteiger partial charge in [0, 0.05) is 33.2 Å². The smallest absolute Gasteiger partial charge is 0.251 e. The zero-order valence-electron chi connectivity index (χ0n) is 21.6. The van der Waals surface area contributed by atoms with E-state index in [1.807, 2.05) is 73.7 Å². The summed E-state index contributed by atoms with van der Waals surface area (Å²) in [6.07, 6.45) is 0. The third-order valence-corrected chi connectivity index (χ3v) is 7.80. The minimum absolute atomic E-state index is 0.0830. The first-order valence-corrected chi connectivity index (χ1v) is 13.4. The fourth-order valence-corrected chi connectivity index (χ4v) is 5.18. The molecule has 1 amide bonds. The maximum Gasteiger partial charge on any atom is 0.251 e. The largest absolute Gasteiger partial charge is 0.346 e. The van der Waals surface area contributed by atoms with Gasteiger partial charge in [-0.3, -0.25) is 4.79 Å². The lowest BCUT2D eigenvalue weighted by molar-refractivity contribution is 0.0940. The molecule has 1 unspecified atom stereocenters. The number of nitriles is 1. The van der Waals surface area contributed by atoms with Gasteiger partial charge in [-0.05, 0) is 85.0 Å². The molecule has 5 rings (SSSR count). The molecular weight excluding hydrogens is 534 g/mol. The highest BCUT2D eigenvalue weighted by molar-refractivity contribution is 9.10.